The van der Waals surface area contributed by atoms with E-state index in [9.17, 15) is 14.4 Å². The lowest BCUT2D eigenvalue weighted by atomic mass is 9.81. The molecule has 0 unspecified atom stereocenters. The Balaban J connectivity index is 1.36. The zero-order valence-electron chi connectivity index (χ0n) is 14.4. The van der Waals surface area contributed by atoms with Crippen molar-refractivity contribution >= 4 is 17.7 Å². The highest BCUT2D eigenvalue weighted by Gasteiger charge is 2.47. The van der Waals surface area contributed by atoms with Gasteiger partial charge in [-0.15, -0.1) is 0 Å². The van der Waals surface area contributed by atoms with Crippen LogP contribution >= 0.6 is 0 Å². The van der Waals surface area contributed by atoms with Gasteiger partial charge in [0, 0.05) is 26.1 Å². The average molecular weight is 340 g/mol. The van der Waals surface area contributed by atoms with Crippen molar-refractivity contribution < 1.29 is 14.4 Å². The van der Waals surface area contributed by atoms with Crippen molar-refractivity contribution in [3.8, 4) is 0 Å². The Kier molecular flexibility index (Phi) is 4.32. The van der Waals surface area contributed by atoms with E-state index >= 15 is 0 Å². The molecule has 3 aliphatic rings. The van der Waals surface area contributed by atoms with E-state index in [1.165, 1.54) is 16.0 Å². The van der Waals surface area contributed by atoms with E-state index in [4.69, 9.17) is 0 Å². The molecule has 2 atom stereocenters. The smallest absolute Gasteiger partial charge is 0.233 e. The summed E-state index contributed by atoms with van der Waals surface area (Å²) in [6.07, 6.45) is 4.80. The Morgan fingerprint density at radius 1 is 1.00 bits per heavy atom. The maximum Gasteiger partial charge on any atom is 0.233 e. The lowest BCUT2D eigenvalue weighted by Gasteiger charge is -2.29. The first kappa shape index (κ1) is 16.3. The molecule has 0 N–H and O–H groups in total. The molecule has 1 aromatic rings. The molecule has 5 heteroatoms. The molecule has 1 saturated heterocycles. The van der Waals surface area contributed by atoms with Gasteiger partial charge in [-0.3, -0.25) is 19.3 Å². The number of fused-ring (bicyclic) bond motifs is 2. The van der Waals surface area contributed by atoms with Crippen LogP contribution < -0.4 is 0 Å². The van der Waals surface area contributed by atoms with Crippen LogP contribution in [0.2, 0.25) is 0 Å². The van der Waals surface area contributed by atoms with Crippen LogP contribution in [-0.4, -0.2) is 40.6 Å². The standard InChI is InChI=1S/C20H24N2O3/c23-18(21-11-9-14-5-1-2-6-15(14)13-21)10-12-22-19(24)16-7-3-4-8-17(16)20(22)25/h1-2,5-6,16-17H,3-4,7-13H2/t16-,17-/m0/s1. The summed E-state index contributed by atoms with van der Waals surface area (Å²) in [5.41, 5.74) is 2.50. The van der Waals surface area contributed by atoms with E-state index < -0.39 is 0 Å². The maximum atomic E-state index is 12.6. The van der Waals surface area contributed by atoms with Gasteiger partial charge in [0.05, 0.1) is 11.8 Å². The molecule has 2 aliphatic heterocycles. The van der Waals surface area contributed by atoms with Crippen molar-refractivity contribution in [3.05, 3.63) is 35.4 Å². The number of amides is 3. The lowest BCUT2D eigenvalue weighted by Crippen LogP contribution is -2.39. The number of benzene rings is 1. The fourth-order valence-corrected chi connectivity index (χ4v) is 4.53. The van der Waals surface area contributed by atoms with E-state index in [1.54, 1.807) is 0 Å². The molecule has 3 amide bonds. The summed E-state index contributed by atoms with van der Waals surface area (Å²) < 4.78 is 0. The lowest BCUT2D eigenvalue weighted by molar-refractivity contribution is -0.141. The average Bonchev–Trinajstić information content (AvgIpc) is 2.90. The Hall–Kier alpha value is -2.17. The molecule has 0 spiro atoms. The van der Waals surface area contributed by atoms with Gasteiger partial charge in [0.1, 0.15) is 0 Å². The Labute approximate surface area is 148 Å². The van der Waals surface area contributed by atoms with Crippen LogP contribution in [0.15, 0.2) is 24.3 Å². The number of carbonyl (C=O) groups is 3. The van der Waals surface area contributed by atoms with Gasteiger partial charge >= 0.3 is 0 Å². The summed E-state index contributed by atoms with van der Waals surface area (Å²) in [5.74, 6) is -0.320. The summed E-state index contributed by atoms with van der Waals surface area (Å²) in [5, 5.41) is 0. The molecular formula is C20H24N2O3. The summed E-state index contributed by atoms with van der Waals surface area (Å²) in [4.78, 5) is 40.7. The Bertz CT molecular complexity index is 691. The molecule has 2 heterocycles. The van der Waals surface area contributed by atoms with Crippen molar-refractivity contribution in [2.75, 3.05) is 13.1 Å². The highest BCUT2D eigenvalue weighted by atomic mass is 16.2. The molecule has 1 saturated carbocycles. The molecule has 1 aliphatic carbocycles. The van der Waals surface area contributed by atoms with Crippen LogP contribution in [0.1, 0.15) is 43.2 Å². The third kappa shape index (κ3) is 2.96. The molecule has 0 bridgehead atoms. The van der Waals surface area contributed by atoms with Crippen LogP contribution in [0, 0.1) is 11.8 Å². The summed E-state index contributed by atoms with van der Waals surface area (Å²) in [6, 6.07) is 8.20. The molecule has 0 radical (unpaired) electrons. The topological polar surface area (TPSA) is 57.7 Å². The predicted molar refractivity (Wildman–Crippen MR) is 92.3 cm³/mol. The Morgan fingerprint density at radius 2 is 1.64 bits per heavy atom. The third-order valence-corrected chi connectivity index (χ3v) is 5.97. The number of hydrogen-bond donors (Lipinski definition) is 0. The first-order valence-corrected chi connectivity index (χ1v) is 9.35. The van der Waals surface area contributed by atoms with Crippen LogP contribution in [-0.2, 0) is 27.3 Å². The molecule has 0 aromatic heterocycles. The van der Waals surface area contributed by atoms with Gasteiger partial charge in [0.15, 0.2) is 0 Å². The van der Waals surface area contributed by atoms with Crippen molar-refractivity contribution in [2.45, 2.75) is 45.1 Å². The molecular weight excluding hydrogens is 316 g/mol. The largest absolute Gasteiger partial charge is 0.338 e. The SMILES string of the molecule is O=C(CCN1C(=O)[C@H]2CCCC[C@@H]2C1=O)N1CCc2ccccc2C1. The van der Waals surface area contributed by atoms with Crippen LogP contribution in [0.4, 0.5) is 0 Å². The van der Waals surface area contributed by atoms with Gasteiger partial charge in [-0.2, -0.15) is 0 Å². The molecule has 25 heavy (non-hydrogen) atoms. The van der Waals surface area contributed by atoms with E-state index in [0.29, 0.717) is 13.1 Å². The zero-order valence-corrected chi connectivity index (χ0v) is 14.4. The maximum absolute atomic E-state index is 12.6. The molecule has 5 nitrogen and oxygen atoms in total. The number of hydrogen-bond acceptors (Lipinski definition) is 3. The van der Waals surface area contributed by atoms with Crippen LogP contribution in [0.5, 0.6) is 0 Å². The monoisotopic (exact) mass is 340 g/mol. The minimum atomic E-state index is -0.127. The van der Waals surface area contributed by atoms with E-state index in [-0.39, 0.29) is 42.5 Å². The fourth-order valence-electron chi connectivity index (χ4n) is 4.53. The first-order valence-electron chi connectivity index (χ1n) is 9.35. The highest BCUT2D eigenvalue weighted by molar-refractivity contribution is 6.05. The van der Waals surface area contributed by atoms with Gasteiger partial charge in [-0.25, -0.2) is 0 Å². The number of likely N-dealkylation sites (tertiary alicyclic amines) is 1. The van der Waals surface area contributed by atoms with E-state index in [1.807, 2.05) is 17.0 Å². The molecule has 2 fully saturated rings. The van der Waals surface area contributed by atoms with Gasteiger partial charge < -0.3 is 4.90 Å². The number of carbonyl (C=O) groups excluding carboxylic acids is 3. The molecule has 1 aromatic carbocycles. The highest BCUT2D eigenvalue weighted by Crippen LogP contribution is 2.38. The normalized spacial score (nSPS) is 25.8. The molecule has 132 valence electrons. The van der Waals surface area contributed by atoms with Crippen LogP contribution in [0.25, 0.3) is 0 Å². The predicted octanol–water partition coefficient (Wildman–Crippen LogP) is 2.14. The van der Waals surface area contributed by atoms with Crippen molar-refractivity contribution in [1.82, 2.24) is 9.80 Å². The van der Waals surface area contributed by atoms with Crippen molar-refractivity contribution in [3.63, 3.8) is 0 Å². The van der Waals surface area contributed by atoms with Gasteiger partial charge in [0.2, 0.25) is 17.7 Å². The zero-order chi connectivity index (χ0) is 17.4. The second kappa shape index (κ2) is 6.62. The van der Waals surface area contributed by atoms with E-state index in [0.717, 1.165) is 32.1 Å². The summed E-state index contributed by atoms with van der Waals surface area (Å²) in [6.45, 7) is 1.58. The van der Waals surface area contributed by atoms with Crippen molar-refractivity contribution in [1.29, 1.82) is 0 Å². The second-order valence-electron chi connectivity index (χ2n) is 7.41. The number of nitrogens with zero attached hydrogens (tertiary/aromatic N) is 2. The second-order valence-corrected chi connectivity index (χ2v) is 7.41. The van der Waals surface area contributed by atoms with Gasteiger partial charge in [-0.1, -0.05) is 37.1 Å². The summed E-state index contributed by atoms with van der Waals surface area (Å²) >= 11 is 0. The number of rotatable bonds is 3. The van der Waals surface area contributed by atoms with Crippen LogP contribution in [0.3, 0.4) is 0 Å². The molecule has 4 rings (SSSR count). The number of imide groups is 1. The van der Waals surface area contributed by atoms with Crippen molar-refractivity contribution in [2.24, 2.45) is 11.8 Å². The fraction of sp³-hybridized carbons (Fsp3) is 0.550. The van der Waals surface area contributed by atoms with E-state index in [2.05, 4.69) is 12.1 Å². The van der Waals surface area contributed by atoms with Gasteiger partial charge in [0.25, 0.3) is 0 Å². The summed E-state index contributed by atoms with van der Waals surface area (Å²) in [7, 11) is 0. The first-order chi connectivity index (χ1) is 12.1. The minimum absolute atomic E-state index is 0.0324. The van der Waals surface area contributed by atoms with Gasteiger partial charge in [-0.05, 0) is 30.4 Å². The quantitative estimate of drug-likeness (QED) is 0.792. The minimum Gasteiger partial charge on any atom is -0.338 e. The Morgan fingerprint density at radius 3 is 2.32 bits per heavy atom. The third-order valence-electron chi connectivity index (χ3n) is 5.97.